The number of hydrogen-bond donors (Lipinski definition) is 3. The van der Waals surface area contributed by atoms with E-state index < -0.39 is 11.9 Å². The first-order valence-electron chi connectivity index (χ1n) is 9.85. The van der Waals surface area contributed by atoms with Crippen LogP contribution in [0.25, 0.3) is 11.3 Å². The third-order valence-corrected chi connectivity index (χ3v) is 5.33. The van der Waals surface area contributed by atoms with Crippen molar-refractivity contribution in [3.63, 3.8) is 0 Å². The number of hydrogen-bond acceptors (Lipinski definition) is 6. The number of rotatable bonds is 7. The Bertz CT molecular complexity index is 1310. The number of pyridine rings is 1. The van der Waals surface area contributed by atoms with E-state index in [2.05, 4.69) is 25.5 Å². The van der Waals surface area contributed by atoms with E-state index in [0.717, 1.165) is 11.4 Å². The molecule has 3 N–H and O–H groups in total. The predicted octanol–water partition coefficient (Wildman–Crippen LogP) is 3.84. The van der Waals surface area contributed by atoms with Gasteiger partial charge in [-0.15, -0.1) is 0 Å². The van der Waals surface area contributed by atoms with Crippen LogP contribution in [-0.2, 0) is 0 Å². The molecule has 164 valence electrons. The standard InChI is InChI=1S/C22H20ClFN6O2/c1-13-19(12-26-29-13)28-22-25-7-4-18(27-22)14-5-8-30(21(32)11-14)20(6-9-31)15-2-3-17(24)16(23)10-15/h2-5,7-8,10-12,20,31H,6,9H2,1H3,(H,26,29)(H,25,27,28)/t20-/m1/s1. The van der Waals surface area contributed by atoms with Crippen molar-refractivity contribution in [2.24, 2.45) is 0 Å². The van der Waals surface area contributed by atoms with Crippen LogP contribution >= 0.6 is 11.6 Å². The zero-order chi connectivity index (χ0) is 22.7. The van der Waals surface area contributed by atoms with Crippen molar-refractivity contribution >= 4 is 23.2 Å². The lowest BCUT2D eigenvalue weighted by Gasteiger charge is -2.20. The van der Waals surface area contributed by atoms with Crippen LogP contribution in [0.4, 0.5) is 16.0 Å². The molecule has 0 aliphatic carbocycles. The van der Waals surface area contributed by atoms with Crippen molar-refractivity contribution in [3.8, 4) is 11.3 Å². The zero-order valence-corrected chi connectivity index (χ0v) is 17.8. The van der Waals surface area contributed by atoms with Gasteiger partial charge in [-0.05, 0) is 43.2 Å². The summed E-state index contributed by atoms with van der Waals surface area (Å²) >= 11 is 5.91. The molecule has 0 bridgehead atoms. The molecule has 32 heavy (non-hydrogen) atoms. The topological polar surface area (TPSA) is 109 Å². The first-order chi connectivity index (χ1) is 15.5. The summed E-state index contributed by atoms with van der Waals surface area (Å²) in [6.45, 7) is 1.70. The van der Waals surface area contributed by atoms with Gasteiger partial charge in [0, 0.05) is 36.8 Å². The van der Waals surface area contributed by atoms with Gasteiger partial charge in [-0.2, -0.15) is 5.10 Å². The third kappa shape index (κ3) is 4.53. The fraction of sp³-hybridized carbons (Fsp3) is 0.182. The maximum absolute atomic E-state index is 13.6. The molecule has 0 fully saturated rings. The first kappa shape index (κ1) is 21.7. The Balaban J connectivity index is 1.65. The highest BCUT2D eigenvalue weighted by Gasteiger charge is 2.17. The number of aliphatic hydroxyl groups excluding tert-OH is 1. The van der Waals surface area contributed by atoms with Gasteiger partial charge < -0.3 is 15.0 Å². The molecule has 0 unspecified atom stereocenters. The summed E-state index contributed by atoms with van der Waals surface area (Å²) in [5, 5.41) is 19.4. The molecule has 0 amide bonds. The van der Waals surface area contributed by atoms with Gasteiger partial charge in [0.1, 0.15) is 5.82 Å². The summed E-state index contributed by atoms with van der Waals surface area (Å²) in [5.41, 5.74) is 3.04. The zero-order valence-electron chi connectivity index (χ0n) is 17.1. The second kappa shape index (κ2) is 9.29. The number of benzene rings is 1. The molecule has 0 saturated heterocycles. The summed E-state index contributed by atoms with van der Waals surface area (Å²) in [6, 6.07) is 8.71. The first-order valence-corrected chi connectivity index (χ1v) is 10.2. The highest BCUT2D eigenvalue weighted by atomic mass is 35.5. The van der Waals surface area contributed by atoms with E-state index >= 15 is 0 Å². The van der Waals surface area contributed by atoms with Crippen LogP contribution in [0, 0.1) is 12.7 Å². The molecule has 8 nitrogen and oxygen atoms in total. The van der Waals surface area contributed by atoms with E-state index in [9.17, 15) is 14.3 Å². The van der Waals surface area contributed by atoms with Gasteiger partial charge in [0.15, 0.2) is 0 Å². The average Bonchev–Trinajstić information content (AvgIpc) is 3.19. The van der Waals surface area contributed by atoms with E-state index in [1.54, 1.807) is 36.8 Å². The van der Waals surface area contributed by atoms with Crippen LogP contribution in [0.3, 0.4) is 0 Å². The molecule has 1 aromatic carbocycles. The van der Waals surface area contributed by atoms with E-state index in [1.807, 2.05) is 6.92 Å². The molecule has 0 saturated carbocycles. The lowest BCUT2D eigenvalue weighted by Crippen LogP contribution is -2.25. The smallest absolute Gasteiger partial charge is 0.251 e. The number of halogens is 2. The van der Waals surface area contributed by atoms with E-state index in [4.69, 9.17) is 11.6 Å². The van der Waals surface area contributed by atoms with Crippen molar-refractivity contribution in [1.82, 2.24) is 24.7 Å². The van der Waals surface area contributed by atoms with Crippen molar-refractivity contribution < 1.29 is 9.50 Å². The predicted molar refractivity (Wildman–Crippen MR) is 120 cm³/mol. The Kier molecular flexibility index (Phi) is 6.29. The van der Waals surface area contributed by atoms with Crippen LogP contribution < -0.4 is 10.9 Å². The number of anilines is 2. The second-order valence-electron chi connectivity index (χ2n) is 7.14. The number of aryl methyl sites for hydroxylation is 1. The Labute approximate surface area is 187 Å². The van der Waals surface area contributed by atoms with E-state index in [0.29, 0.717) is 22.8 Å². The molecule has 0 aliphatic rings. The van der Waals surface area contributed by atoms with Crippen molar-refractivity contribution in [3.05, 3.63) is 87.4 Å². The fourth-order valence-corrected chi connectivity index (χ4v) is 3.59. The van der Waals surface area contributed by atoms with Gasteiger partial charge in [-0.3, -0.25) is 9.89 Å². The van der Waals surface area contributed by atoms with Gasteiger partial charge in [0.25, 0.3) is 5.56 Å². The third-order valence-electron chi connectivity index (χ3n) is 5.04. The number of aromatic nitrogens is 5. The summed E-state index contributed by atoms with van der Waals surface area (Å²) in [6.07, 6.45) is 5.20. The minimum Gasteiger partial charge on any atom is -0.396 e. The summed E-state index contributed by atoms with van der Waals surface area (Å²) in [7, 11) is 0. The highest BCUT2D eigenvalue weighted by molar-refractivity contribution is 6.30. The molecule has 3 aromatic heterocycles. The molecule has 3 heterocycles. The molecular weight excluding hydrogens is 435 g/mol. The number of aliphatic hydroxyl groups is 1. The minimum atomic E-state index is -0.542. The second-order valence-corrected chi connectivity index (χ2v) is 7.54. The number of nitrogens with zero attached hydrogens (tertiary/aromatic N) is 4. The number of H-pyrrole nitrogens is 1. The van der Waals surface area contributed by atoms with Gasteiger partial charge in [0.2, 0.25) is 5.95 Å². The Morgan fingerprint density at radius 1 is 1.28 bits per heavy atom. The summed E-state index contributed by atoms with van der Waals surface area (Å²) in [4.78, 5) is 21.6. The van der Waals surface area contributed by atoms with Crippen molar-refractivity contribution in [1.29, 1.82) is 0 Å². The monoisotopic (exact) mass is 454 g/mol. The van der Waals surface area contributed by atoms with Crippen LogP contribution in [0.2, 0.25) is 5.02 Å². The van der Waals surface area contributed by atoms with Gasteiger partial charge >= 0.3 is 0 Å². The van der Waals surface area contributed by atoms with Crippen molar-refractivity contribution in [2.45, 2.75) is 19.4 Å². The van der Waals surface area contributed by atoms with Crippen LogP contribution in [-0.4, -0.2) is 36.4 Å². The van der Waals surface area contributed by atoms with Gasteiger partial charge in [-0.1, -0.05) is 17.7 Å². The maximum Gasteiger partial charge on any atom is 0.251 e. The molecule has 0 spiro atoms. The average molecular weight is 455 g/mol. The molecule has 10 heteroatoms. The van der Waals surface area contributed by atoms with Crippen LogP contribution in [0.5, 0.6) is 0 Å². The van der Waals surface area contributed by atoms with Gasteiger partial charge in [0.05, 0.1) is 28.1 Å². The quantitative estimate of drug-likeness (QED) is 0.391. The maximum atomic E-state index is 13.6. The van der Waals surface area contributed by atoms with E-state index in [-0.39, 0.29) is 23.6 Å². The molecule has 1 atom stereocenters. The Morgan fingerprint density at radius 2 is 2.12 bits per heavy atom. The SMILES string of the molecule is Cc1n[nH]cc1Nc1nccc(-c2ccn([C@H](CCO)c3ccc(F)c(Cl)c3)c(=O)c2)n1. The normalized spacial score (nSPS) is 12.0. The Hall–Kier alpha value is -3.56. The fourth-order valence-electron chi connectivity index (χ4n) is 3.40. The van der Waals surface area contributed by atoms with Crippen LogP contribution in [0.15, 0.2) is 59.8 Å². The molecule has 0 radical (unpaired) electrons. The summed E-state index contributed by atoms with van der Waals surface area (Å²) < 4.78 is 15.1. The molecular formula is C22H20ClFN6O2. The lowest BCUT2D eigenvalue weighted by atomic mass is 10.0. The molecule has 4 aromatic rings. The summed E-state index contributed by atoms with van der Waals surface area (Å²) in [5.74, 6) is -0.171. The van der Waals surface area contributed by atoms with E-state index in [1.165, 1.54) is 22.8 Å². The molecule has 0 aliphatic heterocycles. The Morgan fingerprint density at radius 3 is 2.81 bits per heavy atom. The largest absolute Gasteiger partial charge is 0.396 e. The van der Waals surface area contributed by atoms with Crippen molar-refractivity contribution in [2.75, 3.05) is 11.9 Å². The van der Waals surface area contributed by atoms with Gasteiger partial charge in [-0.25, -0.2) is 14.4 Å². The lowest BCUT2D eigenvalue weighted by molar-refractivity contribution is 0.267. The molecule has 4 rings (SSSR count). The highest BCUT2D eigenvalue weighted by Crippen LogP contribution is 2.26. The van der Waals surface area contributed by atoms with Crippen LogP contribution in [0.1, 0.15) is 23.7 Å². The number of nitrogens with one attached hydrogen (secondary N) is 2. The minimum absolute atomic E-state index is 0.0380. The number of aromatic amines is 1.